The van der Waals surface area contributed by atoms with Gasteiger partial charge in [0.05, 0.1) is 0 Å². The maximum absolute atomic E-state index is 6.73. The molecule has 5 rings (SSSR count). The van der Waals surface area contributed by atoms with E-state index in [1.807, 2.05) is 6.20 Å². The molecule has 0 spiro atoms. The number of fused-ring (bicyclic) bond motifs is 3. The third-order valence-corrected chi connectivity index (χ3v) is 10.3. The number of rotatable bonds is 2. The van der Waals surface area contributed by atoms with Crippen molar-refractivity contribution in [2.24, 2.45) is 0 Å². The quantitative estimate of drug-likeness (QED) is 0.271. The van der Waals surface area contributed by atoms with Gasteiger partial charge < -0.3 is 0 Å². The molecule has 0 atom stereocenters. The summed E-state index contributed by atoms with van der Waals surface area (Å²) in [5.74, 6) is 9.71. The van der Waals surface area contributed by atoms with Crippen molar-refractivity contribution in [1.29, 1.82) is 0 Å². The zero-order valence-electron chi connectivity index (χ0n) is 18.1. The van der Waals surface area contributed by atoms with Crippen molar-refractivity contribution >= 4 is 39.2 Å². The van der Waals surface area contributed by atoms with Gasteiger partial charge in [0.15, 0.2) is 0 Å². The van der Waals surface area contributed by atoms with E-state index in [1.54, 1.807) is 0 Å². The Morgan fingerprint density at radius 2 is 1.69 bits per heavy atom. The first kappa shape index (κ1) is 18.7. The van der Waals surface area contributed by atoms with Crippen LogP contribution in [0.5, 0.6) is 11.5 Å². The van der Waals surface area contributed by atoms with Crippen LogP contribution < -0.4 is 9.13 Å². The van der Waals surface area contributed by atoms with E-state index in [9.17, 15) is 0 Å². The van der Waals surface area contributed by atoms with Crippen LogP contribution in [0.3, 0.4) is 0 Å². The third-order valence-electron chi connectivity index (χ3n) is 6.07. The molecule has 0 aliphatic carbocycles. The number of hydrogen-bond acceptors (Lipinski definition) is 2. The summed E-state index contributed by atoms with van der Waals surface area (Å²) in [4.78, 5) is 4.89. The summed E-state index contributed by atoms with van der Waals surface area (Å²) in [5, 5.41) is 5.05. The average Bonchev–Trinajstić information content (AvgIpc) is 2.67. The molecule has 0 saturated carbocycles. The van der Waals surface area contributed by atoms with E-state index in [0.717, 1.165) is 22.8 Å². The van der Waals surface area contributed by atoms with Gasteiger partial charge >= 0.3 is 175 Å². The third kappa shape index (κ3) is 2.72. The fourth-order valence-electron chi connectivity index (χ4n) is 4.75. The maximum atomic E-state index is 6.73. The topological polar surface area (TPSA) is 22.1 Å². The second kappa shape index (κ2) is 6.33. The molecule has 146 valence electrons. The van der Waals surface area contributed by atoms with Gasteiger partial charge in [0.1, 0.15) is 0 Å². The van der Waals surface area contributed by atoms with Gasteiger partial charge in [-0.15, -0.1) is 0 Å². The molecule has 0 radical (unpaired) electrons. The number of ether oxygens (including phenoxy) is 1. The van der Waals surface area contributed by atoms with E-state index in [-0.39, 0.29) is 0 Å². The minimum atomic E-state index is -2.06. The Morgan fingerprint density at radius 1 is 0.931 bits per heavy atom. The number of nitrogens with zero attached hydrogens (tertiary/aromatic N) is 1. The molecule has 3 aromatic carbocycles. The van der Waals surface area contributed by atoms with Crippen molar-refractivity contribution < 1.29 is 4.74 Å². The molecule has 0 bridgehead atoms. The fourth-order valence-corrected chi connectivity index (χ4v) is 8.24. The van der Waals surface area contributed by atoms with Gasteiger partial charge in [0.2, 0.25) is 0 Å². The molecule has 4 aromatic rings. The predicted octanol–water partition coefficient (Wildman–Crippen LogP) is 7.14. The second-order valence-electron chi connectivity index (χ2n) is 9.55. The van der Waals surface area contributed by atoms with E-state index in [2.05, 4.69) is 80.5 Å². The van der Waals surface area contributed by atoms with Crippen molar-refractivity contribution in [2.45, 2.75) is 44.0 Å². The fraction of sp³-hybridized carbons (Fsp3) is 0.269. The van der Waals surface area contributed by atoms with Crippen LogP contribution in [-0.2, 0) is 0 Å². The summed E-state index contributed by atoms with van der Waals surface area (Å²) in [6.45, 7) is 6.68. The van der Waals surface area contributed by atoms with Crippen LogP contribution in [0.15, 0.2) is 48.7 Å². The molecule has 2 heterocycles. The van der Waals surface area contributed by atoms with Crippen LogP contribution in [0.25, 0.3) is 32.8 Å². The van der Waals surface area contributed by atoms with Gasteiger partial charge in [-0.2, -0.15) is 0 Å². The van der Waals surface area contributed by atoms with E-state index in [1.165, 1.54) is 37.1 Å². The summed E-state index contributed by atoms with van der Waals surface area (Å²) < 4.78 is 8.26. The molecule has 1 aromatic heterocycles. The molecule has 0 unspecified atom stereocenters. The van der Waals surface area contributed by atoms with Gasteiger partial charge in [-0.05, 0) is 0 Å². The molecule has 3 heteroatoms. The Morgan fingerprint density at radius 3 is 2.41 bits per heavy atom. The zero-order chi connectivity index (χ0) is 20.5. The Balaban J connectivity index is 1.96. The molecule has 0 fully saturated rings. The van der Waals surface area contributed by atoms with E-state index in [0.29, 0.717) is 5.92 Å². The Kier molecular flexibility index (Phi) is 4.08. The van der Waals surface area contributed by atoms with Crippen LogP contribution in [0, 0.1) is 6.92 Å². The van der Waals surface area contributed by atoms with Crippen LogP contribution >= 0.6 is 0 Å². The van der Waals surface area contributed by atoms with Crippen LogP contribution in [-0.4, -0.2) is 18.3 Å². The van der Waals surface area contributed by atoms with Crippen LogP contribution in [0.2, 0.25) is 17.3 Å². The molecule has 0 N–H and O–H groups in total. The number of aryl methyl sites for hydroxylation is 1. The Hall–Kier alpha value is -2.33. The first-order chi connectivity index (χ1) is 13.8. The average molecular weight is 442 g/mol. The molecule has 0 amide bonds. The van der Waals surface area contributed by atoms with Crippen molar-refractivity contribution in [3.05, 3.63) is 59.8 Å². The SMILES string of the molecule is Cc1c[c]([Ge]([CH3])([CH3])[CH3])c2ccnc3c2c1Oc1c-3cc2ccccc2c1C(C)C. The first-order valence-electron chi connectivity index (χ1n) is 10.4. The number of benzene rings is 3. The predicted molar refractivity (Wildman–Crippen MR) is 127 cm³/mol. The van der Waals surface area contributed by atoms with Crippen molar-refractivity contribution in [1.82, 2.24) is 4.98 Å². The van der Waals surface area contributed by atoms with Crippen LogP contribution in [0.4, 0.5) is 0 Å². The molecular formula is C26H27GeNO. The molecule has 1 aliphatic heterocycles. The Bertz CT molecular complexity index is 1300. The number of hydrogen-bond donors (Lipinski definition) is 0. The molecule has 1 aliphatic rings. The molecule has 0 saturated heterocycles. The molecule has 2 nitrogen and oxygen atoms in total. The number of pyridine rings is 1. The normalized spacial score (nSPS) is 13.1. The van der Waals surface area contributed by atoms with Gasteiger partial charge in [-0.25, -0.2) is 0 Å². The van der Waals surface area contributed by atoms with E-state index < -0.39 is 13.3 Å². The summed E-state index contributed by atoms with van der Waals surface area (Å²) in [7, 11) is 0. The van der Waals surface area contributed by atoms with Crippen LogP contribution in [0.1, 0.15) is 30.9 Å². The molecule has 29 heavy (non-hydrogen) atoms. The van der Waals surface area contributed by atoms with Gasteiger partial charge in [0.25, 0.3) is 0 Å². The summed E-state index contributed by atoms with van der Waals surface area (Å²) in [5.41, 5.74) is 4.70. The first-order valence-corrected chi connectivity index (χ1v) is 17.8. The van der Waals surface area contributed by atoms with Gasteiger partial charge in [-0.3, -0.25) is 0 Å². The Labute approximate surface area is 175 Å². The zero-order valence-corrected chi connectivity index (χ0v) is 20.1. The van der Waals surface area contributed by atoms with Crippen molar-refractivity contribution in [2.75, 3.05) is 0 Å². The van der Waals surface area contributed by atoms with Gasteiger partial charge in [0, 0.05) is 0 Å². The van der Waals surface area contributed by atoms with Crippen molar-refractivity contribution in [3.63, 3.8) is 0 Å². The van der Waals surface area contributed by atoms with Crippen molar-refractivity contribution in [3.8, 4) is 22.8 Å². The monoisotopic (exact) mass is 443 g/mol. The van der Waals surface area contributed by atoms with E-state index in [4.69, 9.17) is 9.72 Å². The van der Waals surface area contributed by atoms with E-state index >= 15 is 0 Å². The standard InChI is InChI=1S/C26H27GeNO/c1-15(2)22-18-10-8-7-9-17(18)14-20-24-23-19(11-12-28-24)21(27(4,5)6)13-16(3)25(23)29-26(20)22/h7-15H,1-6H3. The number of aromatic nitrogens is 1. The summed E-state index contributed by atoms with van der Waals surface area (Å²) >= 11 is -2.06. The molecular weight excluding hydrogens is 415 g/mol. The second-order valence-corrected chi connectivity index (χ2v) is 20.1. The van der Waals surface area contributed by atoms with Gasteiger partial charge in [-0.1, -0.05) is 0 Å². The minimum absolute atomic E-state index is 0.361. The summed E-state index contributed by atoms with van der Waals surface area (Å²) in [6, 6.07) is 15.5. The summed E-state index contributed by atoms with van der Waals surface area (Å²) in [6.07, 6.45) is 1.98.